The zero-order valence-electron chi connectivity index (χ0n) is 26.1. The number of aromatic nitrogens is 1. The lowest BCUT2D eigenvalue weighted by molar-refractivity contribution is -0.118. The quantitative estimate of drug-likeness (QED) is 0.290. The Morgan fingerprint density at radius 2 is 1.62 bits per heavy atom. The van der Waals surface area contributed by atoms with Crippen LogP contribution in [0.3, 0.4) is 0 Å². The summed E-state index contributed by atoms with van der Waals surface area (Å²) < 4.78 is 71.3. The van der Waals surface area contributed by atoms with Crippen LogP contribution >= 0.6 is 0 Å². The van der Waals surface area contributed by atoms with Crippen molar-refractivity contribution < 1.29 is 46.5 Å². The number of piperidine rings is 1. The molecule has 0 spiro atoms. The number of alkyl halides is 2. The highest BCUT2D eigenvalue weighted by Crippen LogP contribution is 2.42. The molecule has 3 heterocycles. The standard InChI is InChI=1S/C33H36F4N4O6/c1-18-28(29-24(34)14-22(45-2)15-25(29)35)30(39-31(43)20-4-6-21(7-5-20)47-33(36)37)32(44)41(18)27-17-23(46-3)16-26(38-27)19-8-10-40(11-9-19)12-13-42/h4-7,14-19,28,30,33,42H,8-13H2,1-3H3,(H,39,43)/t18-,28-,30-/m0/s1. The molecule has 0 bridgehead atoms. The van der Waals surface area contributed by atoms with Crippen LogP contribution in [0, 0.1) is 11.6 Å². The maximum Gasteiger partial charge on any atom is 0.387 e. The highest BCUT2D eigenvalue weighted by molar-refractivity contribution is 6.05. The first-order valence-corrected chi connectivity index (χ1v) is 15.2. The Balaban J connectivity index is 1.51. The van der Waals surface area contributed by atoms with Gasteiger partial charge in [-0.3, -0.25) is 14.5 Å². The Bertz CT molecular complexity index is 1560. The molecule has 0 aliphatic carbocycles. The number of amides is 2. The Labute approximate surface area is 269 Å². The van der Waals surface area contributed by atoms with Gasteiger partial charge in [0.1, 0.15) is 40.7 Å². The molecule has 2 aliphatic heterocycles. The van der Waals surface area contributed by atoms with Gasteiger partial charge in [0.15, 0.2) is 0 Å². The number of aliphatic hydroxyl groups is 1. The topological polar surface area (TPSA) is 113 Å². The van der Waals surface area contributed by atoms with Gasteiger partial charge < -0.3 is 29.5 Å². The fourth-order valence-corrected chi connectivity index (χ4v) is 6.39. The molecule has 2 aromatic carbocycles. The number of hydrogen-bond acceptors (Lipinski definition) is 8. The number of anilines is 1. The lowest BCUT2D eigenvalue weighted by Crippen LogP contribution is -2.44. The van der Waals surface area contributed by atoms with E-state index in [1.165, 1.54) is 43.4 Å². The molecular formula is C33H36F4N4O6. The maximum atomic E-state index is 15.6. The molecule has 2 N–H and O–H groups in total. The number of ether oxygens (including phenoxy) is 3. The number of rotatable bonds is 11. The lowest BCUT2D eigenvalue weighted by atomic mass is 9.87. The lowest BCUT2D eigenvalue weighted by Gasteiger charge is -2.32. The summed E-state index contributed by atoms with van der Waals surface area (Å²) in [4.78, 5) is 35.9. The number of hydrogen-bond donors (Lipinski definition) is 2. The van der Waals surface area contributed by atoms with Crippen LogP contribution in [0.4, 0.5) is 23.4 Å². The van der Waals surface area contributed by atoms with E-state index in [9.17, 15) is 23.5 Å². The van der Waals surface area contributed by atoms with E-state index in [1.54, 1.807) is 19.1 Å². The Morgan fingerprint density at radius 1 is 1.00 bits per heavy atom. The molecule has 47 heavy (non-hydrogen) atoms. The monoisotopic (exact) mass is 660 g/mol. The van der Waals surface area contributed by atoms with Crippen molar-refractivity contribution in [2.24, 2.45) is 0 Å². The van der Waals surface area contributed by atoms with Crippen LogP contribution in [0.25, 0.3) is 0 Å². The predicted octanol–water partition coefficient (Wildman–Crippen LogP) is 4.47. The van der Waals surface area contributed by atoms with Gasteiger partial charge in [-0.25, -0.2) is 13.8 Å². The summed E-state index contributed by atoms with van der Waals surface area (Å²) in [6.07, 6.45) is 1.52. The molecule has 2 amide bonds. The molecule has 14 heteroatoms. The SMILES string of the molecule is COc1cc(C2CCN(CCO)CC2)nc(N2C(=O)[C@@H](NC(=O)c3ccc(OC(F)F)cc3)[C@H](c3c(F)cc(OC)cc3F)[C@@H]2C)c1. The summed E-state index contributed by atoms with van der Waals surface area (Å²) in [6.45, 7) is 0.693. The molecule has 3 atom stereocenters. The number of halogens is 4. The number of aliphatic hydroxyl groups excluding tert-OH is 1. The summed E-state index contributed by atoms with van der Waals surface area (Å²) in [6, 6.07) is 7.83. The fourth-order valence-electron chi connectivity index (χ4n) is 6.39. The van der Waals surface area contributed by atoms with Gasteiger partial charge in [0.05, 0.1) is 20.8 Å². The average Bonchev–Trinajstić information content (AvgIpc) is 3.29. The summed E-state index contributed by atoms with van der Waals surface area (Å²) in [5.41, 5.74) is 0.272. The van der Waals surface area contributed by atoms with Crippen molar-refractivity contribution in [2.45, 2.75) is 50.3 Å². The third-order valence-corrected chi connectivity index (χ3v) is 8.75. The zero-order valence-corrected chi connectivity index (χ0v) is 26.1. The first-order chi connectivity index (χ1) is 22.5. The van der Waals surface area contributed by atoms with Gasteiger partial charge in [0, 0.05) is 65.5 Å². The molecule has 2 aliphatic rings. The van der Waals surface area contributed by atoms with E-state index >= 15 is 8.78 Å². The van der Waals surface area contributed by atoms with Crippen LogP contribution in [0.1, 0.15) is 53.2 Å². The number of nitrogens with one attached hydrogen (secondary N) is 1. The van der Waals surface area contributed by atoms with Gasteiger partial charge in [-0.2, -0.15) is 8.78 Å². The molecule has 3 aromatic rings. The smallest absolute Gasteiger partial charge is 0.387 e. The summed E-state index contributed by atoms with van der Waals surface area (Å²) in [5, 5.41) is 11.9. The van der Waals surface area contributed by atoms with Gasteiger partial charge in [-0.15, -0.1) is 0 Å². The summed E-state index contributed by atoms with van der Waals surface area (Å²) in [7, 11) is 2.74. The van der Waals surface area contributed by atoms with Crippen LogP contribution in [-0.4, -0.2) is 86.0 Å². The van der Waals surface area contributed by atoms with Crippen molar-refractivity contribution in [3.63, 3.8) is 0 Å². The van der Waals surface area contributed by atoms with E-state index in [-0.39, 0.29) is 35.4 Å². The molecule has 5 rings (SSSR count). The molecule has 1 aromatic heterocycles. The minimum Gasteiger partial charge on any atom is -0.497 e. The van der Waals surface area contributed by atoms with Crippen molar-refractivity contribution in [3.05, 3.63) is 77.0 Å². The van der Waals surface area contributed by atoms with Crippen LogP contribution in [0.15, 0.2) is 48.5 Å². The fraction of sp³-hybridized carbons (Fsp3) is 0.424. The van der Waals surface area contributed by atoms with E-state index in [4.69, 9.17) is 14.5 Å². The average molecular weight is 661 g/mol. The second kappa shape index (κ2) is 14.6. The Morgan fingerprint density at radius 3 is 2.19 bits per heavy atom. The van der Waals surface area contributed by atoms with E-state index in [2.05, 4.69) is 15.0 Å². The van der Waals surface area contributed by atoms with Crippen molar-refractivity contribution in [1.82, 2.24) is 15.2 Å². The first-order valence-electron chi connectivity index (χ1n) is 15.2. The zero-order chi connectivity index (χ0) is 33.8. The van der Waals surface area contributed by atoms with Gasteiger partial charge in [-0.05, 0) is 57.1 Å². The summed E-state index contributed by atoms with van der Waals surface area (Å²) >= 11 is 0. The number of likely N-dealkylation sites (tertiary alicyclic amines) is 1. The highest BCUT2D eigenvalue weighted by atomic mass is 19.3. The van der Waals surface area contributed by atoms with Crippen molar-refractivity contribution in [1.29, 1.82) is 0 Å². The number of carbonyl (C=O) groups excluding carboxylic acids is 2. The molecule has 0 unspecified atom stereocenters. The van der Waals surface area contributed by atoms with Crippen LogP contribution < -0.4 is 24.4 Å². The molecule has 10 nitrogen and oxygen atoms in total. The molecule has 252 valence electrons. The van der Waals surface area contributed by atoms with Crippen LogP contribution in [0.2, 0.25) is 0 Å². The van der Waals surface area contributed by atoms with Gasteiger partial charge in [0.2, 0.25) is 0 Å². The number of pyridine rings is 1. The predicted molar refractivity (Wildman–Crippen MR) is 163 cm³/mol. The molecule has 0 saturated carbocycles. The molecular weight excluding hydrogens is 624 g/mol. The number of β-amino-alcohol motifs (C(OH)–C–C–N with tert-alkyl or cyclic N) is 1. The highest BCUT2D eigenvalue weighted by Gasteiger charge is 2.50. The second-order valence-electron chi connectivity index (χ2n) is 11.5. The van der Waals surface area contributed by atoms with Crippen molar-refractivity contribution >= 4 is 17.6 Å². The molecule has 2 saturated heterocycles. The largest absolute Gasteiger partial charge is 0.497 e. The van der Waals surface area contributed by atoms with Gasteiger partial charge >= 0.3 is 6.61 Å². The van der Waals surface area contributed by atoms with Gasteiger partial charge in [-0.1, -0.05) is 0 Å². The number of benzene rings is 2. The Hall–Kier alpha value is -4.43. The van der Waals surface area contributed by atoms with E-state index in [0.29, 0.717) is 18.0 Å². The van der Waals surface area contributed by atoms with Crippen molar-refractivity contribution in [3.8, 4) is 17.2 Å². The van der Waals surface area contributed by atoms with Crippen molar-refractivity contribution in [2.75, 3.05) is 45.4 Å². The number of methoxy groups -OCH3 is 2. The van der Waals surface area contributed by atoms with E-state index < -0.39 is 53.6 Å². The van der Waals surface area contributed by atoms with E-state index in [0.717, 1.165) is 38.1 Å². The second-order valence-corrected chi connectivity index (χ2v) is 11.5. The normalized spacial score (nSPS) is 20.5. The number of nitrogens with zero attached hydrogens (tertiary/aromatic N) is 3. The number of carbonyl (C=O) groups is 2. The van der Waals surface area contributed by atoms with Crippen LogP contribution in [-0.2, 0) is 4.79 Å². The molecule has 2 fully saturated rings. The molecule has 0 radical (unpaired) electrons. The maximum absolute atomic E-state index is 15.6. The third-order valence-electron chi connectivity index (χ3n) is 8.75. The summed E-state index contributed by atoms with van der Waals surface area (Å²) in [5.74, 6) is -4.14. The Kier molecular flexibility index (Phi) is 10.5. The minimum absolute atomic E-state index is 0.00859. The first kappa shape index (κ1) is 33.9. The minimum atomic E-state index is -3.06. The third kappa shape index (κ3) is 7.28. The van der Waals surface area contributed by atoms with Gasteiger partial charge in [0.25, 0.3) is 11.8 Å². The van der Waals surface area contributed by atoms with E-state index in [1.807, 2.05) is 0 Å². The van der Waals surface area contributed by atoms with Crippen LogP contribution in [0.5, 0.6) is 17.2 Å².